The average molecular weight is 290 g/mol. The average Bonchev–Trinajstić information content (AvgIpc) is 2.79. The van der Waals surface area contributed by atoms with Crippen LogP contribution in [-0.4, -0.2) is 15.9 Å². The summed E-state index contributed by atoms with van der Waals surface area (Å²) in [5, 5.41) is 2.80. The molecule has 0 saturated carbocycles. The third-order valence-electron chi connectivity index (χ3n) is 2.68. The van der Waals surface area contributed by atoms with Gasteiger partial charge in [-0.15, -0.1) is 12.4 Å². The largest absolute Gasteiger partial charge is 0.441 e. The highest BCUT2D eigenvalue weighted by molar-refractivity contribution is 6.04. The van der Waals surface area contributed by atoms with E-state index in [2.05, 4.69) is 15.3 Å². The Hall–Kier alpha value is -2.40. The first-order valence-corrected chi connectivity index (χ1v) is 5.81. The van der Waals surface area contributed by atoms with Crippen LogP contribution in [0.2, 0.25) is 0 Å². The summed E-state index contributed by atoms with van der Waals surface area (Å²) >= 11 is 0. The van der Waals surface area contributed by atoms with E-state index in [1.54, 1.807) is 43.5 Å². The number of aromatic nitrogens is 2. The molecule has 1 aromatic carbocycles. The van der Waals surface area contributed by atoms with Crippen molar-refractivity contribution in [3.8, 4) is 0 Å². The van der Waals surface area contributed by atoms with Crippen molar-refractivity contribution in [2.45, 2.75) is 6.92 Å². The second-order valence-corrected chi connectivity index (χ2v) is 4.11. The molecule has 0 aliphatic rings. The number of amides is 1. The van der Waals surface area contributed by atoms with Crippen molar-refractivity contribution in [3.05, 3.63) is 54.2 Å². The summed E-state index contributed by atoms with van der Waals surface area (Å²) in [5.41, 5.74) is 2.62. The van der Waals surface area contributed by atoms with Crippen molar-refractivity contribution in [1.82, 2.24) is 9.97 Å². The summed E-state index contributed by atoms with van der Waals surface area (Å²) in [6.45, 7) is 1.79. The highest BCUT2D eigenvalue weighted by Gasteiger charge is 2.08. The Balaban J connectivity index is 0.00000147. The lowest BCUT2D eigenvalue weighted by Gasteiger charge is -2.04. The molecule has 102 valence electrons. The standard InChI is InChI=1S/C14H11N3O2.ClH/c1-9-16-12-7-11(4-5-13(12)19-9)17-14(18)10-3-2-6-15-8-10;/h2-8H,1H3,(H,17,18);1H. The molecule has 2 heterocycles. The first-order chi connectivity index (χ1) is 9.22. The summed E-state index contributed by atoms with van der Waals surface area (Å²) in [7, 11) is 0. The lowest BCUT2D eigenvalue weighted by molar-refractivity contribution is 0.102. The van der Waals surface area contributed by atoms with Gasteiger partial charge in [-0.2, -0.15) is 0 Å². The number of anilines is 1. The van der Waals surface area contributed by atoms with E-state index in [-0.39, 0.29) is 18.3 Å². The summed E-state index contributed by atoms with van der Waals surface area (Å²) < 4.78 is 5.38. The molecule has 0 saturated heterocycles. The van der Waals surface area contributed by atoms with Gasteiger partial charge in [0, 0.05) is 25.0 Å². The van der Waals surface area contributed by atoms with Crippen LogP contribution in [0.4, 0.5) is 5.69 Å². The maximum absolute atomic E-state index is 12.0. The van der Waals surface area contributed by atoms with Crippen molar-refractivity contribution >= 4 is 35.1 Å². The fraction of sp³-hybridized carbons (Fsp3) is 0.0714. The monoisotopic (exact) mass is 289 g/mol. The van der Waals surface area contributed by atoms with Crippen molar-refractivity contribution in [2.75, 3.05) is 5.32 Å². The van der Waals surface area contributed by atoms with E-state index in [0.29, 0.717) is 22.7 Å². The minimum Gasteiger partial charge on any atom is -0.441 e. The van der Waals surface area contributed by atoms with Gasteiger partial charge < -0.3 is 9.73 Å². The quantitative estimate of drug-likeness (QED) is 0.786. The number of hydrogen-bond donors (Lipinski definition) is 1. The smallest absolute Gasteiger partial charge is 0.257 e. The van der Waals surface area contributed by atoms with E-state index in [4.69, 9.17) is 4.42 Å². The second-order valence-electron chi connectivity index (χ2n) is 4.11. The molecule has 2 aromatic heterocycles. The molecule has 1 amide bonds. The first-order valence-electron chi connectivity index (χ1n) is 5.81. The van der Waals surface area contributed by atoms with Gasteiger partial charge in [-0.05, 0) is 30.3 Å². The van der Waals surface area contributed by atoms with Crippen LogP contribution in [0.15, 0.2) is 47.1 Å². The van der Waals surface area contributed by atoms with Crippen LogP contribution in [0.25, 0.3) is 11.1 Å². The fourth-order valence-electron chi connectivity index (χ4n) is 1.82. The van der Waals surface area contributed by atoms with Gasteiger partial charge >= 0.3 is 0 Å². The van der Waals surface area contributed by atoms with Crippen molar-refractivity contribution < 1.29 is 9.21 Å². The normalized spacial score (nSPS) is 10.1. The summed E-state index contributed by atoms with van der Waals surface area (Å²) in [6.07, 6.45) is 3.15. The van der Waals surface area contributed by atoms with Gasteiger partial charge in [0.1, 0.15) is 5.52 Å². The van der Waals surface area contributed by atoms with Crippen LogP contribution in [-0.2, 0) is 0 Å². The molecule has 5 nitrogen and oxygen atoms in total. The van der Waals surface area contributed by atoms with Gasteiger partial charge in [0.25, 0.3) is 5.91 Å². The van der Waals surface area contributed by atoms with E-state index < -0.39 is 0 Å². The second kappa shape index (κ2) is 5.71. The zero-order chi connectivity index (χ0) is 13.2. The number of fused-ring (bicyclic) bond motifs is 1. The number of hydrogen-bond acceptors (Lipinski definition) is 4. The van der Waals surface area contributed by atoms with Gasteiger partial charge in [-0.1, -0.05) is 0 Å². The highest BCUT2D eigenvalue weighted by Crippen LogP contribution is 2.20. The molecule has 3 rings (SSSR count). The predicted molar refractivity (Wildman–Crippen MR) is 78.2 cm³/mol. The minimum absolute atomic E-state index is 0. The van der Waals surface area contributed by atoms with Crippen LogP contribution in [0.3, 0.4) is 0 Å². The number of benzene rings is 1. The van der Waals surface area contributed by atoms with E-state index in [1.165, 1.54) is 6.20 Å². The Kier molecular flexibility index (Phi) is 4.00. The van der Waals surface area contributed by atoms with Crippen LogP contribution >= 0.6 is 12.4 Å². The summed E-state index contributed by atoms with van der Waals surface area (Å²) in [6, 6.07) is 8.77. The Morgan fingerprint density at radius 2 is 2.15 bits per heavy atom. The lowest BCUT2D eigenvalue weighted by Crippen LogP contribution is -2.11. The van der Waals surface area contributed by atoms with Crippen LogP contribution in [0.1, 0.15) is 16.2 Å². The molecule has 1 N–H and O–H groups in total. The number of carbonyl (C=O) groups excluding carboxylic acids is 1. The molecule has 6 heteroatoms. The Morgan fingerprint density at radius 1 is 1.30 bits per heavy atom. The highest BCUT2D eigenvalue weighted by atomic mass is 35.5. The predicted octanol–water partition coefficient (Wildman–Crippen LogP) is 3.21. The maximum Gasteiger partial charge on any atom is 0.257 e. The molecule has 3 aromatic rings. The van der Waals surface area contributed by atoms with Gasteiger partial charge in [-0.25, -0.2) is 4.98 Å². The molecular formula is C14H12ClN3O2. The minimum atomic E-state index is -0.201. The lowest BCUT2D eigenvalue weighted by atomic mass is 10.2. The molecule has 0 fully saturated rings. The summed E-state index contributed by atoms with van der Waals surface area (Å²) in [5.74, 6) is 0.401. The van der Waals surface area contributed by atoms with E-state index in [9.17, 15) is 4.79 Å². The van der Waals surface area contributed by atoms with Gasteiger partial charge in [0.05, 0.1) is 5.56 Å². The maximum atomic E-state index is 12.0. The SMILES string of the molecule is Cc1nc2cc(NC(=O)c3cccnc3)ccc2o1.Cl. The molecule has 0 unspecified atom stereocenters. The van der Waals surface area contributed by atoms with Crippen LogP contribution in [0, 0.1) is 6.92 Å². The van der Waals surface area contributed by atoms with Gasteiger partial charge in [-0.3, -0.25) is 9.78 Å². The molecule has 20 heavy (non-hydrogen) atoms. The molecule has 0 radical (unpaired) electrons. The zero-order valence-electron chi connectivity index (χ0n) is 10.7. The van der Waals surface area contributed by atoms with Crippen LogP contribution < -0.4 is 5.32 Å². The van der Waals surface area contributed by atoms with Crippen molar-refractivity contribution in [3.63, 3.8) is 0 Å². The topological polar surface area (TPSA) is 68.0 Å². The number of oxazole rings is 1. The van der Waals surface area contributed by atoms with Crippen molar-refractivity contribution in [1.29, 1.82) is 0 Å². The Bertz CT molecular complexity index is 741. The number of nitrogens with zero attached hydrogens (tertiary/aromatic N) is 2. The Labute approximate surface area is 121 Å². The molecule has 0 aliphatic heterocycles. The fourth-order valence-corrected chi connectivity index (χ4v) is 1.82. The van der Waals surface area contributed by atoms with Crippen molar-refractivity contribution in [2.24, 2.45) is 0 Å². The Morgan fingerprint density at radius 3 is 2.90 bits per heavy atom. The third-order valence-corrected chi connectivity index (χ3v) is 2.68. The number of nitrogens with one attached hydrogen (secondary N) is 1. The number of carbonyl (C=O) groups is 1. The number of rotatable bonds is 2. The summed E-state index contributed by atoms with van der Waals surface area (Å²) in [4.78, 5) is 20.1. The first kappa shape index (κ1) is 14.0. The zero-order valence-corrected chi connectivity index (χ0v) is 11.5. The molecule has 0 bridgehead atoms. The third kappa shape index (κ3) is 2.78. The van der Waals surface area contributed by atoms with Gasteiger partial charge in [0.2, 0.25) is 0 Å². The molecule has 0 atom stereocenters. The van der Waals surface area contributed by atoms with E-state index in [0.717, 1.165) is 5.52 Å². The van der Waals surface area contributed by atoms with Gasteiger partial charge in [0.15, 0.2) is 11.5 Å². The number of aryl methyl sites for hydroxylation is 1. The van der Waals surface area contributed by atoms with E-state index in [1.807, 2.05) is 0 Å². The van der Waals surface area contributed by atoms with Crippen LogP contribution in [0.5, 0.6) is 0 Å². The number of pyridine rings is 1. The number of halogens is 1. The molecular weight excluding hydrogens is 278 g/mol. The molecule has 0 spiro atoms. The van der Waals surface area contributed by atoms with E-state index >= 15 is 0 Å². The molecule has 0 aliphatic carbocycles.